The lowest BCUT2D eigenvalue weighted by molar-refractivity contribution is 0.108. The fourth-order valence-electron chi connectivity index (χ4n) is 1.63. The van der Waals surface area contributed by atoms with Crippen molar-refractivity contribution in [2.45, 2.75) is 19.9 Å². The van der Waals surface area contributed by atoms with Crippen molar-refractivity contribution in [1.82, 2.24) is 10.2 Å². The minimum absolute atomic E-state index is 0.251. The van der Waals surface area contributed by atoms with Crippen LogP contribution in [0.2, 0.25) is 0 Å². The van der Waals surface area contributed by atoms with Gasteiger partial charge in [-0.2, -0.15) is 0 Å². The van der Waals surface area contributed by atoms with E-state index in [1.165, 1.54) is 6.54 Å². The second-order valence-electron chi connectivity index (χ2n) is 3.99. The molecule has 1 heterocycles. The van der Waals surface area contributed by atoms with E-state index in [0.717, 1.165) is 25.6 Å². The first-order valence-corrected chi connectivity index (χ1v) is 4.79. The van der Waals surface area contributed by atoms with Gasteiger partial charge in [0, 0.05) is 32.2 Å². The van der Waals surface area contributed by atoms with Gasteiger partial charge in [0.25, 0.3) is 0 Å². The Labute approximate surface area is 74.8 Å². The normalized spacial score (nSPS) is 20.0. The lowest BCUT2D eigenvalue weighted by atomic mass is 10.1. The molecular formula is C9H20N2O. The Morgan fingerprint density at radius 2 is 2.17 bits per heavy atom. The van der Waals surface area contributed by atoms with E-state index in [9.17, 15) is 0 Å². The van der Waals surface area contributed by atoms with E-state index in [2.05, 4.69) is 24.1 Å². The maximum absolute atomic E-state index is 8.57. The number of hydrogen-bond acceptors (Lipinski definition) is 3. The summed E-state index contributed by atoms with van der Waals surface area (Å²) in [5, 5.41) is 11.9. The summed E-state index contributed by atoms with van der Waals surface area (Å²) < 4.78 is 0. The Morgan fingerprint density at radius 3 is 2.67 bits per heavy atom. The average molecular weight is 172 g/mol. The second-order valence-corrected chi connectivity index (χ2v) is 3.99. The number of aliphatic hydroxyl groups excluding tert-OH is 1. The summed E-state index contributed by atoms with van der Waals surface area (Å²) in [6.07, 6.45) is 0. The van der Waals surface area contributed by atoms with Gasteiger partial charge in [-0.05, 0) is 5.92 Å². The third kappa shape index (κ3) is 3.09. The van der Waals surface area contributed by atoms with Gasteiger partial charge in [-0.25, -0.2) is 0 Å². The van der Waals surface area contributed by atoms with Crippen molar-refractivity contribution < 1.29 is 5.11 Å². The molecular weight excluding hydrogens is 152 g/mol. The van der Waals surface area contributed by atoms with Crippen molar-refractivity contribution in [2.75, 3.05) is 32.8 Å². The number of nitrogens with one attached hydrogen (secondary N) is 1. The highest BCUT2D eigenvalue weighted by atomic mass is 16.3. The largest absolute Gasteiger partial charge is 0.395 e. The quantitative estimate of drug-likeness (QED) is 0.608. The fourth-order valence-corrected chi connectivity index (χ4v) is 1.63. The summed E-state index contributed by atoms with van der Waals surface area (Å²) in [6, 6.07) is 0.621. The van der Waals surface area contributed by atoms with Crippen LogP contribution in [0.4, 0.5) is 0 Å². The molecule has 0 aliphatic carbocycles. The Bertz CT molecular complexity index is 122. The summed E-state index contributed by atoms with van der Waals surface area (Å²) in [6.45, 7) is 8.98. The molecule has 0 unspecified atom stereocenters. The Morgan fingerprint density at radius 1 is 1.50 bits per heavy atom. The average Bonchev–Trinajstić information content (AvgIpc) is 1.93. The molecule has 0 aromatic rings. The number of nitrogens with zero attached hydrogens (tertiary/aromatic N) is 1. The zero-order chi connectivity index (χ0) is 8.97. The highest BCUT2D eigenvalue weighted by Crippen LogP contribution is 2.09. The molecule has 0 bridgehead atoms. The van der Waals surface area contributed by atoms with Crippen LogP contribution in [-0.2, 0) is 0 Å². The lowest BCUT2D eigenvalue weighted by Gasteiger charge is -2.40. The standard InChI is InChI=1S/C9H20N2O/c1-8(2)5-11-6-9(7-11)10-3-4-12/h8-10,12H,3-7H2,1-2H3. The van der Waals surface area contributed by atoms with Crippen LogP contribution in [0.1, 0.15) is 13.8 Å². The van der Waals surface area contributed by atoms with Crippen molar-refractivity contribution >= 4 is 0 Å². The summed E-state index contributed by atoms with van der Waals surface area (Å²) in [5.74, 6) is 0.767. The van der Waals surface area contributed by atoms with E-state index in [4.69, 9.17) is 5.11 Å². The predicted molar refractivity (Wildman–Crippen MR) is 50.2 cm³/mol. The van der Waals surface area contributed by atoms with E-state index >= 15 is 0 Å². The molecule has 0 saturated carbocycles. The molecule has 2 N–H and O–H groups in total. The van der Waals surface area contributed by atoms with Crippen LogP contribution in [0.25, 0.3) is 0 Å². The number of rotatable bonds is 5. The maximum Gasteiger partial charge on any atom is 0.0556 e. The molecule has 72 valence electrons. The zero-order valence-corrected chi connectivity index (χ0v) is 8.08. The highest BCUT2D eigenvalue weighted by Gasteiger charge is 2.25. The Kier molecular flexibility index (Phi) is 3.98. The van der Waals surface area contributed by atoms with Crippen molar-refractivity contribution in [3.63, 3.8) is 0 Å². The van der Waals surface area contributed by atoms with E-state index < -0.39 is 0 Å². The monoisotopic (exact) mass is 172 g/mol. The van der Waals surface area contributed by atoms with Crippen molar-refractivity contribution in [2.24, 2.45) is 5.92 Å². The van der Waals surface area contributed by atoms with Crippen molar-refractivity contribution in [1.29, 1.82) is 0 Å². The van der Waals surface area contributed by atoms with Crippen LogP contribution >= 0.6 is 0 Å². The molecule has 0 amide bonds. The summed E-state index contributed by atoms with van der Waals surface area (Å²) >= 11 is 0. The first kappa shape index (κ1) is 9.96. The van der Waals surface area contributed by atoms with Crippen LogP contribution in [0.15, 0.2) is 0 Å². The summed E-state index contributed by atoms with van der Waals surface area (Å²) in [5.41, 5.74) is 0. The van der Waals surface area contributed by atoms with Crippen LogP contribution in [0.5, 0.6) is 0 Å². The van der Waals surface area contributed by atoms with Crippen LogP contribution < -0.4 is 5.32 Å². The minimum atomic E-state index is 0.251. The maximum atomic E-state index is 8.57. The molecule has 1 saturated heterocycles. The highest BCUT2D eigenvalue weighted by molar-refractivity contribution is 4.85. The van der Waals surface area contributed by atoms with Crippen LogP contribution in [-0.4, -0.2) is 48.8 Å². The van der Waals surface area contributed by atoms with Gasteiger partial charge >= 0.3 is 0 Å². The van der Waals surface area contributed by atoms with Crippen LogP contribution in [0.3, 0.4) is 0 Å². The Balaban J connectivity index is 1.96. The smallest absolute Gasteiger partial charge is 0.0556 e. The van der Waals surface area contributed by atoms with Gasteiger partial charge in [-0.3, -0.25) is 4.90 Å². The predicted octanol–water partition coefficient (Wildman–Crippen LogP) is -0.0915. The first-order valence-electron chi connectivity index (χ1n) is 4.79. The summed E-state index contributed by atoms with van der Waals surface area (Å²) in [7, 11) is 0. The SMILES string of the molecule is CC(C)CN1CC(NCCO)C1. The molecule has 1 rings (SSSR count). The summed E-state index contributed by atoms with van der Waals surface area (Å²) in [4.78, 5) is 2.44. The van der Waals surface area contributed by atoms with Gasteiger partial charge in [0.1, 0.15) is 0 Å². The van der Waals surface area contributed by atoms with E-state index in [1.54, 1.807) is 0 Å². The van der Waals surface area contributed by atoms with E-state index in [0.29, 0.717) is 6.04 Å². The lowest BCUT2D eigenvalue weighted by Crippen LogP contribution is -2.58. The van der Waals surface area contributed by atoms with Crippen LogP contribution in [0, 0.1) is 5.92 Å². The van der Waals surface area contributed by atoms with E-state index in [1.807, 2.05) is 0 Å². The van der Waals surface area contributed by atoms with Gasteiger partial charge in [0.05, 0.1) is 6.61 Å². The third-order valence-electron chi connectivity index (χ3n) is 2.13. The van der Waals surface area contributed by atoms with E-state index in [-0.39, 0.29) is 6.61 Å². The molecule has 12 heavy (non-hydrogen) atoms. The second kappa shape index (κ2) is 4.80. The van der Waals surface area contributed by atoms with Gasteiger partial charge in [-0.1, -0.05) is 13.8 Å². The van der Waals surface area contributed by atoms with Gasteiger partial charge in [0.2, 0.25) is 0 Å². The fraction of sp³-hybridized carbons (Fsp3) is 1.00. The molecule has 0 atom stereocenters. The zero-order valence-electron chi connectivity index (χ0n) is 8.08. The molecule has 3 heteroatoms. The molecule has 0 radical (unpaired) electrons. The third-order valence-corrected chi connectivity index (χ3v) is 2.13. The Hall–Kier alpha value is -0.120. The van der Waals surface area contributed by atoms with Crippen molar-refractivity contribution in [3.8, 4) is 0 Å². The molecule has 0 spiro atoms. The number of aliphatic hydroxyl groups is 1. The molecule has 1 aliphatic heterocycles. The minimum Gasteiger partial charge on any atom is -0.395 e. The van der Waals surface area contributed by atoms with Gasteiger partial charge < -0.3 is 10.4 Å². The van der Waals surface area contributed by atoms with Gasteiger partial charge in [0.15, 0.2) is 0 Å². The molecule has 0 aromatic heterocycles. The molecule has 3 nitrogen and oxygen atoms in total. The number of hydrogen-bond donors (Lipinski definition) is 2. The molecule has 0 aromatic carbocycles. The molecule has 1 fully saturated rings. The first-order chi connectivity index (χ1) is 5.72. The van der Waals surface area contributed by atoms with Crippen molar-refractivity contribution in [3.05, 3.63) is 0 Å². The molecule has 1 aliphatic rings. The van der Waals surface area contributed by atoms with Gasteiger partial charge in [-0.15, -0.1) is 0 Å². The number of likely N-dealkylation sites (tertiary alicyclic amines) is 1. The topological polar surface area (TPSA) is 35.5 Å².